The zero-order chi connectivity index (χ0) is 10.7. The second-order valence-electron chi connectivity index (χ2n) is 2.79. The van der Waals surface area contributed by atoms with E-state index in [-0.39, 0.29) is 6.54 Å². The minimum atomic E-state index is -0.965. The van der Waals surface area contributed by atoms with Crippen LogP contribution >= 0.6 is 27.5 Å². The number of carboxylic acid groups (broad SMARTS) is 1. The zero-order valence-corrected chi connectivity index (χ0v) is 9.55. The molecule has 14 heavy (non-hydrogen) atoms. The van der Waals surface area contributed by atoms with E-state index < -0.39 is 11.9 Å². The van der Waals surface area contributed by atoms with E-state index in [4.69, 9.17) is 22.4 Å². The Hall–Kier alpha value is -0.580. The van der Waals surface area contributed by atoms with Crippen LogP contribution in [0.2, 0.25) is 5.02 Å². The van der Waals surface area contributed by atoms with Gasteiger partial charge in [0.2, 0.25) is 0 Å². The monoisotopic (exact) mass is 277 g/mol. The van der Waals surface area contributed by atoms with Crippen LogP contribution in [0.3, 0.4) is 0 Å². The highest BCUT2D eigenvalue weighted by molar-refractivity contribution is 9.10. The van der Waals surface area contributed by atoms with Crippen molar-refractivity contribution in [2.24, 2.45) is 5.73 Å². The average molecular weight is 279 g/mol. The number of carboxylic acids is 1. The maximum Gasteiger partial charge on any atom is 0.312 e. The predicted octanol–water partition coefficient (Wildman–Crippen LogP) is 2.23. The van der Waals surface area contributed by atoms with Gasteiger partial charge in [-0.1, -0.05) is 27.5 Å². The lowest BCUT2D eigenvalue weighted by molar-refractivity contribution is -0.138. The molecule has 1 aromatic carbocycles. The minimum Gasteiger partial charge on any atom is -0.481 e. The molecular weight excluding hydrogens is 269 g/mol. The molecule has 0 aromatic heterocycles. The molecule has 0 radical (unpaired) electrons. The lowest BCUT2D eigenvalue weighted by Gasteiger charge is -2.11. The van der Waals surface area contributed by atoms with Crippen molar-refractivity contribution in [1.82, 2.24) is 0 Å². The highest BCUT2D eigenvalue weighted by Gasteiger charge is 2.20. The Morgan fingerprint density at radius 2 is 2.29 bits per heavy atom. The molecule has 0 saturated carbocycles. The Balaban J connectivity index is 3.15. The summed E-state index contributed by atoms with van der Waals surface area (Å²) in [5.41, 5.74) is 5.91. The normalized spacial score (nSPS) is 12.5. The Labute approximate surface area is 95.0 Å². The van der Waals surface area contributed by atoms with Gasteiger partial charge in [-0.15, -0.1) is 0 Å². The van der Waals surface area contributed by atoms with E-state index in [1.165, 1.54) is 0 Å². The molecule has 0 aliphatic carbocycles. The summed E-state index contributed by atoms with van der Waals surface area (Å²) in [4.78, 5) is 10.8. The van der Waals surface area contributed by atoms with E-state index in [1.807, 2.05) is 0 Å². The molecular formula is C9H9BrClNO2. The number of halogens is 2. The Morgan fingerprint density at radius 1 is 1.64 bits per heavy atom. The smallest absolute Gasteiger partial charge is 0.312 e. The molecule has 0 fully saturated rings. The van der Waals surface area contributed by atoms with E-state index in [1.54, 1.807) is 18.2 Å². The summed E-state index contributed by atoms with van der Waals surface area (Å²) in [6.07, 6.45) is 0. The molecule has 0 aliphatic heterocycles. The molecule has 3 nitrogen and oxygen atoms in total. The molecule has 0 bridgehead atoms. The summed E-state index contributed by atoms with van der Waals surface area (Å²) in [5.74, 6) is -1.72. The van der Waals surface area contributed by atoms with Crippen LogP contribution in [0.25, 0.3) is 0 Å². The van der Waals surface area contributed by atoms with Crippen LogP contribution in [0.4, 0.5) is 0 Å². The maximum atomic E-state index is 10.8. The third-order valence-electron chi connectivity index (χ3n) is 1.87. The van der Waals surface area contributed by atoms with Crippen molar-refractivity contribution >= 4 is 33.5 Å². The largest absolute Gasteiger partial charge is 0.481 e. The molecule has 1 unspecified atom stereocenters. The fourth-order valence-electron chi connectivity index (χ4n) is 1.14. The van der Waals surface area contributed by atoms with Gasteiger partial charge in [0.15, 0.2) is 0 Å². The van der Waals surface area contributed by atoms with Crippen LogP contribution < -0.4 is 5.73 Å². The lowest BCUT2D eigenvalue weighted by Crippen LogP contribution is -2.21. The zero-order valence-electron chi connectivity index (χ0n) is 7.21. The summed E-state index contributed by atoms with van der Waals surface area (Å²) in [7, 11) is 0. The van der Waals surface area contributed by atoms with Gasteiger partial charge in [0.25, 0.3) is 0 Å². The van der Waals surface area contributed by atoms with Crippen molar-refractivity contribution in [1.29, 1.82) is 0 Å². The van der Waals surface area contributed by atoms with Gasteiger partial charge in [-0.25, -0.2) is 0 Å². The molecule has 5 heteroatoms. The van der Waals surface area contributed by atoms with Crippen molar-refractivity contribution in [3.05, 3.63) is 33.3 Å². The molecule has 1 atom stereocenters. The highest BCUT2D eigenvalue weighted by atomic mass is 79.9. The van der Waals surface area contributed by atoms with Crippen molar-refractivity contribution < 1.29 is 9.90 Å². The molecule has 1 rings (SSSR count). The van der Waals surface area contributed by atoms with Gasteiger partial charge >= 0.3 is 5.97 Å². The van der Waals surface area contributed by atoms with Gasteiger partial charge in [-0.3, -0.25) is 4.79 Å². The van der Waals surface area contributed by atoms with Crippen LogP contribution in [0, 0.1) is 0 Å². The van der Waals surface area contributed by atoms with Crippen LogP contribution in [-0.2, 0) is 4.79 Å². The molecule has 1 aromatic rings. The summed E-state index contributed by atoms with van der Waals surface area (Å²) >= 11 is 9.12. The Bertz CT molecular complexity index is 357. The van der Waals surface area contributed by atoms with Gasteiger partial charge in [0, 0.05) is 16.0 Å². The number of rotatable bonds is 3. The first-order chi connectivity index (χ1) is 6.56. The standard InChI is InChI=1S/C9H9BrClNO2/c10-5-1-2-8(11)6(3-5)7(4-12)9(13)14/h1-3,7H,4,12H2,(H,13,14). The van der Waals surface area contributed by atoms with Crippen LogP contribution in [0.5, 0.6) is 0 Å². The highest BCUT2D eigenvalue weighted by Crippen LogP contribution is 2.27. The number of hydrogen-bond acceptors (Lipinski definition) is 2. The lowest BCUT2D eigenvalue weighted by atomic mass is 10.00. The van der Waals surface area contributed by atoms with E-state index in [0.29, 0.717) is 10.6 Å². The van der Waals surface area contributed by atoms with Crippen LogP contribution in [0.1, 0.15) is 11.5 Å². The maximum absolute atomic E-state index is 10.8. The molecule has 0 amide bonds. The van der Waals surface area contributed by atoms with Gasteiger partial charge in [-0.2, -0.15) is 0 Å². The fourth-order valence-corrected chi connectivity index (χ4v) is 1.77. The third kappa shape index (κ3) is 2.47. The molecule has 76 valence electrons. The second-order valence-corrected chi connectivity index (χ2v) is 4.12. The first-order valence-corrected chi connectivity index (χ1v) is 5.11. The van der Waals surface area contributed by atoms with Gasteiger partial charge in [0.1, 0.15) is 0 Å². The Morgan fingerprint density at radius 3 is 2.79 bits per heavy atom. The van der Waals surface area contributed by atoms with Crippen molar-refractivity contribution in [2.75, 3.05) is 6.54 Å². The Kier molecular flexibility index (Phi) is 3.92. The summed E-state index contributed by atoms with van der Waals surface area (Å²) in [5, 5.41) is 9.31. The van der Waals surface area contributed by atoms with E-state index in [2.05, 4.69) is 15.9 Å². The number of hydrogen-bond donors (Lipinski definition) is 2. The molecule has 0 aliphatic rings. The first kappa shape index (κ1) is 11.5. The summed E-state index contributed by atoms with van der Waals surface area (Å²) in [6.45, 7) is 0.0332. The number of benzene rings is 1. The summed E-state index contributed by atoms with van der Waals surface area (Å²) in [6, 6.07) is 5.07. The fraction of sp³-hybridized carbons (Fsp3) is 0.222. The molecule has 0 heterocycles. The van der Waals surface area contributed by atoms with Gasteiger partial charge in [-0.05, 0) is 23.8 Å². The van der Waals surface area contributed by atoms with E-state index in [9.17, 15) is 4.79 Å². The van der Waals surface area contributed by atoms with Crippen molar-refractivity contribution in [3.63, 3.8) is 0 Å². The number of nitrogens with two attached hydrogens (primary N) is 1. The third-order valence-corrected chi connectivity index (χ3v) is 2.70. The molecule has 0 spiro atoms. The van der Waals surface area contributed by atoms with Crippen LogP contribution in [-0.4, -0.2) is 17.6 Å². The SMILES string of the molecule is NCC(C(=O)O)c1cc(Br)ccc1Cl. The van der Waals surface area contributed by atoms with E-state index in [0.717, 1.165) is 4.47 Å². The molecule has 0 saturated heterocycles. The molecule has 3 N–H and O–H groups in total. The average Bonchev–Trinajstić information content (AvgIpc) is 2.11. The number of carbonyl (C=O) groups is 1. The van der Waals surface area contributed by atoms with Crippen molar-refractivity contribution in [2.45, 2.75) is 5.92 Å². The number of aliphatic carboxylic acids is 1. The second kappa shape index (κ2) is 4.77. The quantitative estimate of drug-likeness (QED) is 0.891. The van der Waals surface area contributed by atoms with E-state index >= 15 is 0 Å². The predicted molar refractivity (Wildman–Crippen MR) is 58.6 cm³/mol. The van der Waals surface area contributed by atoms with Gasteiger partial charge < -0.3 is 10.8 Å². The van der Waals surface area contributed by atoms with Crippen LogP contribution in [0.15, 0.2) is 22.7 Å². The minimum absolute atomic E-state index is 0.0332. The topological polar surface area (TPSA) is 63.3 Å². The van der Waals surface area contributed by atoms with Crippen molar-refractivity contribution in [3.8, 4) is 0 Å². The first-order valence-electron chi connectivity index (χ1n) is 3.94. The summed E-state index contributed by atoms with van der Waals surface area (Å²) < 4.78 is 0.789. The van der Waals surface area contributed by atoms with Gasteiger partial charge in [0.05, 0.1) is 5.92 Å².